The summed E-state index contributed by atoms with van der Waals surface area (Å²) in [6.07, 6.45) is 0.597. The van der Waals surface area contributed by atoms with Crippen LogP contribution in [0.1, 0.15) is 12.5 Å². The van der Waals surface area contributed by atoms with Crippen molar-refractivity contribution in [2.75, 3.05) is 14.2 Å². The van der Waals surface area contributed by atoms with E-state index in [0.29, 0.717) is 12.2 Å². The highest BCUT2D eigenvalue weighted by atomic mass is 32.2. The van der Waals surface area contributed by atoms with Gasteiger partial charge in [-0.2, -0.15) is 0 Å². The zero-order valence-corrected chi connectivity index (χ0v) is 14.3. The van der Waals surface area contributed by atoms with E-state index < -0.39 is 10.0 Å². The lowest BCUT2D eigenvalue weighted by Crippen LogP contribution is -2.34. The molecule has 0 aliphatic carbocycles. The van der Waals surface area contributed by atoms with Gasteiger partial charge in [0.15, 0.2) is 0 Å². The Hall–Kier alpha value is -2.05. The van der Waals surface area contributed by atoms with Crippen LogP contribution in [0.15, 0.2) is 53.4 Å². The maximum Gasteiger partial charge on any atom is 0.240 e. The van der Waals surface area contributed by atoms with E-state index in [1.54, 1.807) is 26.4 Å². The van der Waals surface area contributed by atoms with E-state index in [1.807, 2.05) is 31.2 Å². The first-order chi connectivity index (χ1) is 10.9. The molecule has 0 bridgehead atoms. The molecule has 0 aliphatic rings. The minimum absolute atomic E-state index is 0.222. The molecule has 0 radical (unpaired) electrons. The number of nitrogens with one attached hydrogen (secondary N) is 1. The second kappa shape index (κ2) is 7.48. The first-order valence-corrected chi connectivity index (χ1v) is 8.72. The highest BCUT2D eigenvalue weighted by molar-refractivity contribution is 7.89. The molecule has 0 fully saturated rings. The standard InChI is InChI=1S/C17H21NO4S/c1-13(12-14-4-6-15(21-2)7-5-14)18-23(19,20)17-10-8-16(22-3)9-11-17/h4-11,13,18H,12H2,1-3H3. The van der Waals surface area contributed by atoms with E-state index in [-0.39, 0.29) is 10.9 Å². The van der Waals surface area contributed by atoms with Crippen molar-refractivity contribution in [1.29, 1.82) is 0 Å². The van der Waals surface area contributed by atoms with Crippen LogP contribution in [0.5, 0.6) is 11.5 Å². The summed E-state index contributed by atoms with van der Waals surface area (Å²) < 4.78 is 37.6. The number of hydrogen-bond acceptors (Lipinski definition) is 4. The lowest BCUT2D eigenvalue weighted by molar-refractivity contribution is 0.414. The van der Waals surface area contributed by atoms with Crippen LogP contribution >= 0.6 is 0 Å². The third-order valence-electron chi connectivity index (χ3n) is 3.43. The van der Waals surface area contributed by atoms with Crippen molar-refractivity contribution in [3.05, 3.63) is 54.1 Å². The van der Waals surface area contributed by atoms with Crippen molar-refractivity contribution in [3.63, 3.8) is 0 Å². The van der Waals surface area contributed by atoms with E-state index in [1.165, 1.54) is 12.1 Å². The molecule has 5 nitrogen and oxygen atoms in total. The Kier molecular flexibility index (Phi) is 5.63. The molecule has 1 N–H and O–H groups in total. The Morgan fingerprint density at radius 2 is 1.39 bits per heavy atom. The summed E-state index contributed by atoms with van der Waals surface area (Å²) in [5.41, 5.74) is 1.04. The molecule has 0 heterocycles. The molecule has 1 unspecified atom stereocenters. The first kappa shape index (κ1) is 17.3. The van der Waals surface area contributed by atoms with Crippen LogP contribution < -0.4 is 14.2 Å². The maximum atomic E-state index is 12.4. The fraction of sp³-hybridized carbons (Fsp3) is 0.294. The number of hydrogen-bond donors (Lipinski definition) is 1. The Morgan fingerprint density at radius 3 is 1.87 bits per heavy atom. The Labute approximate surface area is 137 Å². The predicted octanol–water partition coefficient (Wildman–Crippen LogP) is 2.61. The lowest BCUT2D eigenvalue weighted by Gasteiger charge is -2.15. The Morgan fingerprint density at radius 1 is 0.913 bits per heavy atom. The Balaban J connectivity index is 2.03. The fourth-order valence-electron chi connectivity index (χ4n) is 2.24. The third kappa shape index (κ3) is 4.71. The maximum absolute atomic E-state index is 12.4. The zero-order chi connectivity index (χ0) is 16.9. The van der Waals surface area contributed by atoms with Gasteiger partial charge in [-0.25, -0.2) is 13.1 Å². The minimum Gasteiger partial charge on any atom is -0.497 e. The first-order valence-electron chi connectivity index (χ1n) is 7.24. The van der Waals surface area contributed by atoms with Crippen LogP contribution in [-0.4, -0.2) is 28.7 Å². The van der Waals surface area contributed by atoms with Crippen molar-refractivity contribution in [2.45, 2.75) is 24.3 Å². The summed E-state index contributed by atoms with van der Waals surface area (Å²) in [6, 6.07) is 13.7. The van der Waals surface area contributed by atoms with Crippen molar-refractivity contribution >= 4 is 10.0 Å². The molecule has 124 valence electrons. The quantitative estimate of drug-likeness (QED) is 0.845. The van der Waals surface area contributed by atoms with E-state index in [2.05, 4.69) is 4.72 Å². The topological polar surface area (TPSA) is 64.6 Å². The molecule has 1 atom stereocenters. The molecule has 0 aromatic heterocycles. The number of sulfonamides is 1. The van der Waals surface area contributed by atoms with Gasteiger partial charge in [0.2, 0.25) is 10.0 Å². The summed E-state index contributed by atoms with van der Waals surface area (Å²) in [4.78, 5) is 0.222. The average Bonchev–Trinajstić information content (AvgIpc) is 2.55. The van der Waals surface area contributed by atoms with E-state index >= 15 is 0 Å². The summed E-state index contributed by atoms with van der Waals surface area (Å²) in [7, 11) is -0.396. The van der Waals surface area contributed by atoms with Crippen LogP contribution in [0.3, 0.4) is 0 Å². The molecular weight excluding hydrogens is 314 g/mol. The van der Waals surface area contributed by atoms with E-state index in [0.717, 1.165) is 11.3 Å². The molecular formula is C17H21NO4S. The van der Waals surface area contributed by atoms with Gasteiger partial charge in [-0.3, -0.25) is 0 Å². The highest BCUT2D eigenvalue weighted by Gasteiger charge is 2.17. The van der Waals surface area contributed by atoms with Gasteiger partial charge >= 0.3 is 0 Å². The van der Waals surface area contributed by atoms with Crippen LogP contribution in [0.25, 0.3) is 0 Å². The molecule has 6 heteroatoms. The van der Waals surface area contributed by atoms with Gasteiger partial charge in [-0.05, 0) is 55.3 Å². The number of methoxy groups -OCH3 is 2. The third-order valence-corrected chi connectivity index (χ3v) is 5.03. The van der Waals surface area contributed by atoms with Gasteiger partial charge in [-0.15, -0.1) is 0 Å². The molecule has 0 amide bonds. The molecule has 0 saturated heterocycles. The van der Waals surface area contributed by atoms with Gasteiger partial charge in [-0.1, -0.05) is 12.1 Å². The van der Waals surface area contributed by atoms with Crippen LogP contribution in [0.2, 0.25) is 0 Å². The number of ether oxygens (including phenoxy) is 2. The molecule has 2 rings (SSSR count). The monoisotopic (exact) mass is 335 g/mol. The van der Waals surface area contributed by atoms with Crippen molar-refractivity contribution in [2.24, 2.45) is 0 Å². The zero-order valence-electron chi connectivity index (χ0n) is 13.4. The second-order valence-electron chi connectivity index (χ2n) is 5.25. The molecule has 0 aliphatic heterocycles. The van der Waals surface area contributed by atoms with Crippen LogP contribution in [0, 0.1) is 0 Å². The normalized spacial score (nSPS) is 12.7. The summed E-state index contributed by atoms with van der Waals surface area (Å²) in [5.74, 6) is 1.40. The lowest BCUT2D eigenvalue weighted by atomic mass is 10.1. The second-order valence-corrected chi connectivity index (χ2v) is 6.96. The SMILES string of the molecule is COc1ccc(CC(C)NS(=O)(=O)c2ccc(OC)cc2)cc1. The largest absolute Gasteiger partial charge is 0.497 e. The van der Waals surface area contributed by atoms with Crippen LogP contribution in [-0.2, 0) is 16.4 Å². The average molecular weight is 335 g/mol. The van der Waals surface area contributed by atoms with Crippen molar-refractivity contribution in [1.82, 2.24) is 4.72 Å². The van der Waals surface area contributed by atoms with E-state index in [9.17, 15) is 8.42 Å². The minimum atomic E-state index is -3.55. The van der Waals surface area contributed by atoms with Crippen molar-refractivity contribution in [3.8, 4) is 11.5 Å². The van der Waals surface area contributed by atoms with Gasteiger partial charge in [0, 0.05) is 6.04 Å². The van der Waals surface area contributed by atoms with Gasteiger partial charge in [0.25, 0.3) is 0 Å². The number of benzene rings is 2. The predicted molar refractivity (Wildman–Crippen MR) is 89.5 cm³/mol. The van der Waals surface area contributed by atoms with E-state index in [4.69, 9.17) is 9.47 Å². The Bertz CT molecular complexity index is 724. The highest BCUT2D eigenvalue weighted by Crippen LogP contribution is 2.17. The number of rotatable bonds is 7. The molecule has 2 aromatic carbocycles. The van der Waals surface area contributed by atoms with Crippen molar-refractivity contribution < 1.29 is 17.9 Å². The summed E-state index contributed by atoms with van der Waals surface area (Å²) in [6.45, 7) is 1.84. The molecule has 0 saturated carbocycles. The van der Waals surface area contributed by atoms with Gasteiger partial charge in [0.05, 0.1) is 19.1 Å². The molecule has 0 spiro atoms. The summed E-state index contributed by atoms with van der Waals surface area (Å²) >= 11 is 0. The smallest absolute Gasteiger partial charge is 0.240 e. The molecule has 2 aromatic rings. The van der Waals surface area contributed by atoms with Gasteiger partial charge in [0.1, 0.15) is 11.5 Å². The molecule has 23 heavy (non-hydrogen) atoms. The van der Waals surface area contributed by atoms with Crippen LogP contribution in [0.4, 0.5) is 0 Å². The fourth-order valence-corrected chi connectivity index (χ4v) is 3.49. The van der Waals surface area contributed by atoms with Gasteiger partial charge < -0.3 is 9.47 Å². The summed E-state index contributed by atoms with van der Waals surface area (Å²) in [5, 5.41) is 0.